The number of methoxy groups -OCH3 is 1. The van der Waals surface area contributed by atoms with Crippen LogP contribution in [-0.2, 0) is 14.3 Å². The molecule has 1 aliphatic rings. The average Bonchev–Trinajstić information content (AvgIpc) is 2.53. The van der Waals surface area contributed by atoms with E-state index >= 15 is 0 Å². The van der Waals surface area contributed by atoms with Crippen molar-refractivity contribution in [2.75, 3.05) is 45.3 Å². The van der Waals surface area contributed by atoms with Crippen LogP contribution in [0, 0.1) is 0 Å². The second-order valence-electron chi connectivity index (χ2n) is 4.83. The van der Waals surface area contributed by atoms with Crippen molar-refractivity contribution in [3.8, 4) is 11.5 Å². The maximum absolute atomic E-state index is 12.0. The molecule has 0 aromatic heterocycles. The van der Waals surface area contributed by atoms with Gasteiger partial charge in [-0.1, -0.05) is 0 Å². The molecule has 1 aromatic rings. The first kappa shape index (κ1) is 16.1. The zero-order valence-corrected chi connectivity index (χ0v) is 12.8. The lowest BCUT2D eigenvalue weighted by molar-refractivity contribution is -0.137. The monoisotopic (exact) mass is 308 g/mol. The summed E-state index contributed by atoms with van der Waals surface area (Å²) in [5.74, 6) is 0.661. The number of carbonyl (C=O) groups excluding carboxylic acids is 2. The van der Waals surface area contributed by atoms with E-state index in [-0.39, 0.29) is 18.4 Å². The van der Waals surface area contributed by atoms with Crippen molar-refractivity contribution >= 4 is 17.5 Å². The molecule has 120 valence electrons. The quantitative estimate of drug-likeness (QED) is 0.874. The lowest BCUT2D eigenvalue weighted by Gasteiger charge is -2.26. The van der Waals surface area contributed by atoms with Crippen molar-refractivity contribution in [1.82, 2.24) is 4.90 Å². The molecular weight excluding hydrogens is 288 g/mol. The Morgan fingerprint density at radius 3 is 2.64 bits per heavy atom. The maximum atomic E-state index is 12.0. The number of morpholine rings is 1. The van der Waals surface area contributed by atoms with Crippen LogP contribution in [0.2, 0.25) is 0 Å². The smallest absolute Gasteiger partial charge is 0.260 e. The highest BCUT2D eigenvalue weighted by molar-refractivity contribution is 5.89. The van der Waals surface area contributed by atoms with Crippen LogP contribution in [0.4, 0.5) is 5.69 Å². The van der Waals surface area contributed by atoms with Crippen LogP contribution in [0.5, 0.6) is 11.5 Å². The summed E-state index contributed by atoms with van der Waals surface area (Å²) >= 11 is 0. The first-order valence-electron chi connectivity index (χ1n) is 7.04. The van der Waals surface area contributed by atoms with Crippen LogP contribution < -0.4 is 14.8 Å². The number of nitrogens with zero attached hydrogens (tertiary/aromatic N) is 1. The van der Waals surface area contributed by atoms with Crippen LogP contribution in [0.15, 0.2) is 18.2 Å². The SMILES string of the molecule is COc1cc(NC(C)=O)ccc1OCC(=O)N1CCOCC1. The Balaban J connectivity index is 1.96. The number of nitrogens with one attached hydrogen (secondary N) is 1. The minimum absolute atomic E-state index is 0.0597. The Morgan fingerprint density at radius 2 is 2.00 bits per heavy atom. The van der Waals surface area contributed by atoms with Crippen molar-refractivity contribution in [2.45, 2.75) is 6.92 Å². The number of hydrogen-bond acceptors (Lipinski definition) is 5. The zero-order valence-electron chi connectivity index (χ0n) is 12.8. The summed E-state index contributed by atoms with van der Waals surface area (Å²) in [7, 11) is 1.50. The Hall–Kier alpha value is -2.28. The topological polar surface area (TPSA) is 77.1 Å². The highest BCUT2D eigenvalue weighted by atomic mass is 16.5. The fourth-order valence-electron chi connectivity index (χ4n) is 2.11. The van der Waals surface area contributed by atoms with Gasteiger partial charge in [0.25, 0.3) is 5.91 Å². The van der Waals surface area contributed by atoms with Gasteiger partial charge in [0.05, 0.1) is 20.3 Å². The largest absolute Gasteiger partial charge is 0.493 e. The second-order valence-corrected chi connectivity index (χ2v) is 4.83. The minimum atomic E-state index is -0.168. The molecule has 0 atom stereocenters. The van der Waals surface area contributed by atoms with Gasteiger partial charge in [0.2, 0.25) is 5.91 Å². The van der Waals surface area contributed by atoms with Crippen LogP contribution in [-0.4, -0.2) is 56.7 Å². The summed E-state index contributed by atoms with van der Waals surface area (Å²) in [6.07, 6.45) is 0. The molecule has 0 spiro atoms. The number of carbonyl (C=O) groups is 2. The summed E-state index contributed by atoms with van der Waals surface area (Å²) in [6.45, 7) is 3.65. The summed E-state index contributed by atoms with van der Waals surface area (Å²) < 4.78 is 16.0. The third-order valence-electron chi connectivity index (χ3n) is 3.20. The van der Waals surface area contributed by atoms with E-state index in [9.17, 15) is 9.59 Å². The van der Waals surface area contributed by atoms with Crippen molar-refractivity contribution in [2.24, 2.45) is 0 Å². The van der Waals surface area contributed by atoms with Gasteiger partial charge >= 0.3 is 0 Å². The Morgan fingerprint density at radius 1 is 1.27 bits per heavy atom. The van der Waals surface area contributed by atoms with Gasteiger partial charge in [-0.2, -0.15) is 0 Å². The fourth-order valence-corrected chi connectivity index (χ4v) is 2.11. The van der Waals surface area contributed by atoms with Crippen LogP contribution >= 0.6 is 0 Å². The summed E-state index contributed by atoms with van der Waals surface area (Å²) in [4.78, 5) is 24.8. The Kier molecular flexibility index (Phi) is 5.60. The van der Waals surface area contributed by atoms with Gasteiger partial charge in [-0.25, -0.2) is 0 Å². The fraction of sp³-hybridized carbons (Fsp3) is 0.467. The second kappa shape index (κ2) is 7.65. The molecule has 1 aliphatic heterocycles. The normalized spacial score (nSPS) is 14.4. The number of hydrogen-bond donors (Lipinski definition) is 1. The third-order valence-corrected chi connectivity index (χ3v) is 3.20. The van der Waals surface area contributed by atoms with E-state index in [1.807, 2.05) is 0 Å². The van der Waals surface area contributed by atoms with E-state index in [1.54, 1.807) is 23.1 Å². The highest BCUT2D eigenvalue weighted by Gasteiger charge is 2.18. The maximum Gasteiger partial charge on any atom is 0.260 e. The molecule has 0 saturated carbocycles. The number of rotatable bonds is 5. The van der Waals surface area contributed by atoms with Gasteiger partial charge < -0.3 is 24.4 Å². The zero-order chi connectivity index (χ0) is 15.9. The van der Waals surface area contributed by atoms with E-state index in [0.29, 0.717) is 43.5 Å². The van der Waals surface area contributed by atoms with E-state index in [0.717, 1.165) is 0 Å². The van der Waals surface area contributed by atoms with Crippen molar-refractivity contribution < 1.29 is 23.8 Å². The number of amides is 2. The van der Waals surface area contributed by atoms with Gasteiger partial charge in [0, 0.05) is 31.8 Å². The molecule has 7 nitrogen and oxygen atoms in total. The predicted octanol–water partition coefficient (Wildman–Crippen LogP) is 0.891. The predicted molar refractivity (Wildman–Crippen MR) is 80.2 cm³/mol. The first-order valence-corrected chi connectivity index (χ1v) is 7.04. The van der Waals surface area contributed by atoms with E-state index in [2.05, 4.69) is 5.32 Å². The molecule has 1 fully saturated rings. The molecule has 0 radical (unpaired) electrons. The van der Waals surface area contributed by atoms with Gasteiger partial charge in [0.1, 0.15) is 0 Å². The highest BCUT2D eigenvalue weighted by Crippen LogP contribution is 2.30. The average molecular weight is 308 g/mol. The van der Waals surface area contributed by atoms with Gasteiger partial charge in [0.15, 0.2) is 18.1 Å². The summed E-state index contributed by atoms with van der Waals surface area (Å²) in [5, 5.41) is 2.66. The van der Waals surface area contributed by atoms with E-state index in [4.69, 9.17) is 14.2 Å². The van der Waals surface area contributed by atoms with Gasteiger partial charge in [-0.15, -0.1) is 0 Å². The standard InChI is InChI=1S/C15H20N2O5/c1-11(18)16-12-3-4-13(14(9-12)20-2)22-10-15(19)17-5-7-21-8-6-17/h3-4,9H,5-8,10H2,1-2H3,(H,16,18). The molecule has 1 aromatic carbocycles. The van der Waals surface area contributed by atoms with Gasteiger partial charge in [-0.05, 0) is 12.1 Å². The molecule has 2 rings (SSSR count). The first-order chi connectivity index (χ1) is 10.6. The van der Waals surface area contributed by atoms with Crippen LogP contribution in [0.3, 0.4) is 0 Å². The van der Waals surface area contributed by atoms with Crippen LogP contribution in [0.1, 0.15) is 6.92 Å². The molecule has 1 N–H and O–H groups in total. The summed E-state index contributed by atoms with van der Waals surface area (Å²) in [6, 6.07) is 5.01. The lowest BCUT2D eigenvalue weighted by atomic mass is 10.2. The van der Waals surface area contributed by atoms with Gasteiger partial charge in [-0.3, -0.25) is 9.59 Å². The van der Waals surface area contributed by atoms with Crippen molar-refractivity contribution in [3.05, 3.63) is 18.2 Å². The molecule has 1 saturated heterocycles. The van der Waals surface area contributed by atoms with E-state index in [1.165, 1.54) is 14.0 Å². The van der Waals surface area contributed by atoms with E-state index < -0.39 is 0 Å². The van der Waals surface area contributed by atoms with Crippen molar-refractivity contribution in [1.29, 1.82) is 0 Å². The molecule has 0 aliphatic carbocycles. The molecule has 0 bridgehead atoms. The number of anilines is 1. The van der Waals surface area contributed by atoms with Crippen LogP contribution in [0.25, 0.3) is 0 Å². The summed E-state index contributed by atoms with van der Waals surface area (Å²) in [5.41, 5.74) is 0.608. The van der Waals surface area contributed by atoms with Crippen molar-refractivity contribution in [3.63, 3.8) is 0 Å². The molecule has 0 unspecified atom stereocenters. The molecule has 7 heteroatoms. The molecule has 2 amide bonds. The lowest BCUT2D eigenvalue weighted by Crippen LogP contribution is -2.43. The number of ether oxygens (including phenoxy) is 3. The number of benzene rings is 1. The molecular formula is C15H20N2O5. The molecule has 1 heterocycles. The Bertz CT molecular complexity index is 541. The minimum Gasteiger partial charge on any atom is -0.493 e. The third kappa shape index (κ3) is 4.36. The molecule has 22 heavy (non-hydrogen) atoms. The Labute approximate surface area is 129 Å².